The maximum atomic E-state index is 10.5. The van der Waals surface area contributed by atoms with Crippen molar-refractivity contribution in [2.75, 3.05) is 0 Å². The van der Waals surface area contributed by atoms with Gasteiger partial charge in [-0.05, 0) is 24.5 Å². The van der Waals surface area contributed by atoms with Crippen LogP contribution in [0.5, 0.6) is 0 Å². The molecule has 0 fully saturated rings. The summed E-state index contributed by atoms with van der Waals surface area (Å²) < 4.78 is 1.23. The predicted molar refractivity (Wildman–Crippen MR) is 63.5 cm³/mol. The van der Waals surface area contributed by atoms with Crippen molar-refractivity contribution < 1.29 is 4.79 Å². The lowest BCUT2D eigenvalue weighted by molar-refractivity contribution is -0.108. The lowest BCUT2D eigenvalue weighted by Gasteiger charge is -2.08. The summed E-state index contributed by atoms with van der Waals surface area (Å²) in [5, 5.41) is 1.08. The van der Waals surface area contributed by atoms with Crippen molar-refractivity contribution in [3.63, 3.8) is 0 Å². The fourth-order valence-corrected chi connectivity index (χ4v) is 2.79. The molecule has 1 unspecified atom stereocenters. The van der Waals surface area contributed by atoms with E-state index in [2.05, 4.69) is 18.0 Å². The van der Waals surface area contributed by atoms with Gasteiger partial charge in [-0.2, -0.15) is 0 Å². The molecule has 1 atom stereocenters. The first-order chi connectivity index (χ1) is 7.22. The van der Waals surface area contributed by atoms with Crippen LogP contribution in [0.3, 0.4) is 0 Å². The molecule has 78 valence electrons. The maximum absolute atomic E-state index is 10.5. The molecule has 0 aliphatic carbocycles. The van der Waals surface area contributed by atoms with E-state index in [4.69, 9.17) is 0 Å². The largest absolute Gasteiger partial charge is 0.303 e. The number of carbonyl (C=O) groups is 1. The minimum Gasteiger partial charge on any atom is -0.303 e. The molecule has 0 saturated carbocycles. The average molecular weight is 219 g/mol. The number of aryl methyl sites for hydroxylation is 1. The Morgan fingerprint density at radius 3 is 3.07 bits per heavy atom. The highest BCUT2D eigenvalue weighted by molar-refractivity contribution is 7.18. The van der Waals surface area contributed by atoms with E-state index in [0.29, 0.717) is 6.42 Å². The summed E-state index contributed by atoms with van der Waals surface area (Å²) in [4.78, 5) is 15.0. The van der Waals surface area contributed by atoms with E-state index in [1.165, 1.54) is 10.3 Å². The highest BCUT2D eigenvalue weighted by Gasteiger charge is 2.11. The van der Waals surface area contributed by atoms with Crippen LogP contribution in [-0.4, -0.2) is 11.3 Å². The second-order valence-electron chi connectivity index (χ2n) is 3.73. The van der Waals surface area contributed by atoms with Crippen LogP contribution in [0.2, 0.25) is 0 Å². The number of rotatable bonds is 3. The van der Waals surface area contributed by atoms with Crippen molar-refractivity contribution >= 4 is 27.8 Å². The number of hydrogen-bond donors (Lipinski definition) is 0. The summed E-state index contributed by atoms with van der Waals surface area (Å²) >= 11 is 1.71. The van der Waals surface area contributed by atoms with Crippen LogP contribution in [0.25, 0.3) is 10.2 Å². The lowest BCUT2D eigenvalue weighted by atomic mass is 9.98. The van der Waals surface area contributed by atoms with E-state index in [0.717, 1.165) is 16.8 Å². The van der Waals surface area contributed by atoms with Crippen LogP contribution < -0.4 is 0 Å². The van der Waals surface area contributed by atoms with E-state index in [9.17, 15) is 4.79 Å². The predicted octanol–water partition coefficient (Wildman–Crippen LogP) is 3.30. The number of carbonyl (C=O) groups excluding carboxylic acids is 1. The van der Waals surface area contributed by atoms with Gasteiger partial charge in [-0.25, -0.2) is 4.98 Å². The smallest absolute Gasteiger partial charge is 0.120 e. The van der Waals surface area contributed by atoms with Crippen molar-refractivity contribution in [2.24, 2.45) is 0 Å². The van der Waals surface area contributed by atoms with E-state index < -0.39 is 0 Å². The van der Waals surface area contributed by atoms with Crippen molar-refractivity contribution in [3.05, 3.63) is 28.8 Å². The Hall–Kier alpha value is -1.22. The second-order valence-corrected chi connectivity index (χ2v) is 4.93. The van der Waals surface area contributed by atoms with Crippen molar-refractivity contribution in [1.29, 1.82) is 0 Å². The van der Waals surface area contributed by atoms with Crippen molar-refractivity contribution in [1.82, 2.24) is 4.98 Å². The Morgan fingerprint density at radius 1 is 1.53 bits per heavy atom. The standard InChI is InChI=1S/C12H13NOS/c1-8(6-7-14)10-4-3-5-11-12(10)15-9(2)13-11/h3-5,7-8H,6H2,1-2H3. The van der Waals surface area contributed by atoms with Crippen molar-refractivity contribution in [3.8, 4) is 0 Å². The lowest BCUT2D eigenvalue weighted by Crippen LogP contribution is -1.94. The Morgan fingerprint density at radius 2 is 2.33 bits per heavy atom. The number of aromatic nitrogens is 1. The number of aldehydes is 1. The Kier molecular flexibility index (Phi) is 2.82. The molecule has 2 aromatic rings. The van der Waals surface area contributed by atoms with Gasteiger partial charge in [0, 0.05) is 6.42 Å². The number of benzene rings is 1. The van der Waals surface area contributed by atoms with Crippen LogP contribution in [0.1, 0.15) is 29.8 Å². The van der Waals surface area contributed by atoms with Gasteiger partial charge in [0.2, 0.25) is 0 Å². The molecule has 0 amide bonds. The molecule has 2 nitrogen and oxygen atoms in total. The molecular formula is C12H13NOS. The third-order valence-electron chi connectivity index (χ3n) is 2.53. The summed E-state index contributed by atoms with van der Waals surface area (Å²) in [5.74, 6) is 0.283. The van der Waals surface area contributed by atoms with Crippen LogP contribution in [0.4, 0.5) is 0 Å². The zero-order chi connectivity index (χ0) is 10.8. The molecule has 0 spiro atoms. The topological polar surface area (TPSA) is 30.0 Å². The normalized spacial score (nSPS) is 12.9. The number of hydrogen-bond acceptors (Lipinski definition) is 3. The zero-order valence-electron chi connectivity index (χ0n) is 8.86. The first-order valence-electron chi connectivity index (χ1n) is 5.02. The molecular weight excluding hydrogens is 206 g/mol. The molecule has 1 aromatic heterocycles. The first-order valence-corrected chi connectivity index (χ1v) is 5.83. The first kappa shape index (κ1) is 10.3. The highest BCUT2D eigenvalue weighted by Crippen LogP contribution is 2.31. The van der Waals surface area contributed by atoms with E-state index in [1.807, 2.05) is 19.1 Å². The van der Waals surface area contributed by atoms with E-state index in [-0.39, 0.29) is 5.92 Å². The van der Waals surface area contributed by atoms with E-state index >= 15 is 0 Å². The summed E-state index contributed by atoms with van der Waals surface area (Å²) in [6, 6.07) is 6.13. The molecule has 2 rings (SSSR count). The fraction of sp³-hybridized carbons (Fsp3) is 0.333. The summed E-state index contributed by atoms with van der Waals surface area (Å²) in [5.41, 5.74) is 2.29. The average Bonchev–Trinajstić information content (AvgIpc) is 2.57. The SMILES string of the molecule is Cc1nc2cccc(C(C)CC=O)c2s1. The highest BCUT2D eigenvalue weighted by atomic mass is 32.1. The number of nitrogens with zero attached hydrogens (tertiary/aromatic N) is 1. The second kappa shape index (κ2) is 4.11. The molecule has 1 aromatic carbocycles. The Bertz CT molecular complexity index is 489. The Balaban J connectivity index is 2.54. The van der Waals surface area contributed by atoms with Crippen LogP contribution in [0.15, 0.2) is 18.2 Å². The molecule has 0 saturated heterocycles. The summed E-state index contributed by atoms with van der Waals surface area (Å²) in [6.45, 7) is 4.09. The van der Waals surface area contributed by atoms with Gasteiger partial charge in [-0.1, -0.05) is 19.1 Å². The van der Waals surface area contributed by atoms with Gasteiger partial charge in [0.25, 0.3) is 0 Å². The minimum absolute atomic E-state index is 0.283. The number of fused-ring (bicyclic) bond motifs is 1. The van der Waals surface area contributed by atoms with Crippen LogP contribution in [0, 0.1) is 6.92 Å². The molecule has 3 heteroatoms. The minimum atomic E-state index is 0.283. The Labute approximate surface area is 93.0 Å². The third kappa shape index (κ3) is 1.92. The molecule has 1 heterocycles. The molecule has 15 heavy (non-hydrogen) atoms. The van der Waals surface area contributed by atoms with Gasteiger partial charge in [0.05, 0.1) is 15.2 Å². The molecule has 0 aliphatic rings. The summed E-state index contributed by atoms with van der Waals surface area (Å²) in [6.07, 6.45) is 1.56. The van der Waals surface area contributed by atoms with Gasteiger partial charge in [-0.3, -0.25) is 0 Å². The summed E-state index contributed by atoms with van der Waals surface area (Å²) in [7, 11) is 0. The monoisotopic (exact) mass is 219 g/mol. The van der Waals surface area contributed by atoms with Crippen LogP contribution >= 0.6 is 11.3 Å². The van der Waals surface area contributed by atoms with Crippen molar-refractivity contribution in [2.45, 2.75) is 26.2 Å². The fourth-order valence-electron chi connectivity index (χ4n) is 1.74. The molecule has 0 aliphatic heterocycles. The molecule has 0 bridgehead atoms. The maximum Gasteiger partial charge on any atom is 0.120 e. The van der Waals surface area contributed by atoms with Gasteiger partial charge in [0.15, 0.2) is 0 Å². The van der Waals surface area contributed by atoms with Gasteiger partial charge in [0.1, 0.15) is 6.29 Å². The third-order valence-corrected chi connectivity index (χ3v) is 3.57. The van der Waals surface area contributed by atoms with Gasteiger partial charge >= 0.3 is 0 Å². The molecule has 0 N–H and O–H groups in total. The number of thiazole rings is 1. The zero-order valence-corrected chi connectivity index (χ0v) is 9.67. The molecule has 0 radical (unpaired) electrons. The quantitative estimate of drug-likeness (QED) is 0.741. The van der Waals surface area contributed by atoms with Gasteiger partial charge in [-0.15, -0.1) is 11.3 Å². The van der Waals surface area contributed by atoms with E-state index in [1.54, 1.807) is 11.3 Å². The van der Waals surface area contributed by atoms with Gasteiger partial charge < -0.3 is 4.79 Å². The van der Waals surface area contributed by atoms with Crippen LogP contribution in [-0.2, 0) is 4.79 Å².